The van der Waals surface area contributed by atoms with Crippen LogP contribution >= 0.6 is 0 Å². The highest BCUT2D eigenvalue weighted by molar-refractivity contribution is 5.89. The summed E-state index contributed by atoms with van der Waals surface area (Å²) in [6.45, 7) is 2.25. The normalized spacial score (nSPS) is 11.9. The molecule has 0 aliphatic carbocycles. The average Bonchev–Trinajstić information content (AvgIpc) is 2.59. The Morgan fingerprint density at radius 2 is 1.84 bits per heavy atom. The third kappa shape index (κ3) is 5.99. The minimum absolute atomic E-state index is 0.154. The van der Waals surface area contributed by atoms with E-state index in [1.807, 2.05) is 0 Å². The first-order valence-corrected chi connectivity index (χ1v) is 7.68. The number of hydrogen-bond acceptors (Lipinski definition) is 3. The average molecular weight is 349 g/mol. The lowest BCUT2D eigenvalue weighted by atomic mass is 10.1. The van der Waals surface area contributed by atoms with E-state index in [4.69, 9.17) is 4.74 Å². The maximum Gasteiger partial charge on any atom is 0.416 e. The Morgan fingerprint density at radius 1 is 1.12 bits per heavy atom. The number of halogens is 3. The molecule has 2 aromatic rings. The van der Waals surface area contributed by atoms with Crippen LogP contribution in [0.1, 0.15) is 28.4 Å². The van der Waals surface area contributed by atoms with E-state index in [-0.39, 0.29) is 6.61 Å². The van der Waals surface area contributed by atoms with Crippen molar-refractivity contribution in [1.82, 2.24) is 5.32 Å². The molecule has 0 saturated heterocycles. The van der Waals surface area contributed by atoms with Crippen LogP contribution in [0.25, 0.3) is 6.08 Å². The molecule has 2 rings (SSSR count). The first-order valence-electron chi connectivity index (χ1n) is 7.68. The minimum atomic E-state index is -4.36. The minimum Gasteiger partial charge on any atom is -0.460 e. The number of benzene rings is 2. The van der Waals surface area contributed by atoms with Crippen LogP contribution < -0.4 is 5.32 Å². The number of carbonyl (C=O) groups is 1. The summed E-state index contributed by atoms with van der Waals surface area (Å²) in [5, 5.41) is 3.00. The van der Waals surface area contributed by atoms with E-state index >= 15 is 0 Å². The fourth-order valence-electron chi connectivity index (χ4n) is 2.16. The molecule has 2 aromatic carbocycles. The molecule has 0 atom stereocenters. The Hall–Kier alpha value is -2.76. The molecule has 0 spiro atoms. The molecular formula is C19H18F3NO2. The Labute approximate surface area is 144 Å². The molecule has 0 radical (unpaired) electrons. The van der Waals surface area contributed by atoms with Crippen LogP contribution in [0.3, 0.4) is 0 Å². The standard InChI is InChI=1S/C19H18F3NO2/c1-14(12-15-6-5-9-17(13-15)19(20,21)22)23-10-11-25-18(24)16-7-3-2-4-8-16/h2-9,12-13,23H,10-11H2,1H3/b14-12+. The predicted molar refractivity (Wildman–Crippen MR) is 89.8 cm³/mol. The van der Waals surface area contributed by atoms with Crippen molar-refractivity contribution in [1.29, 1.82) is 0 Å². The number of hydrogen-bond donors (Lipinski definition) is 1. The van der Waals surface area contributed by atoms with Crippen molar-refractivity contribution >= 4 is 12.0 Å². The number of alkyl halides is 3. The summed E-state index contributed by atoms with van der Waals surface area (Å²) in [7, 11) is 0. The topological polar surface area (TPSA) is 38.3 Å². The molecule has 3 nitrogen and oxygen atoms in total. The lowest BCUT2D eigenvalue weighted by molar-refractivity contribution is -0.137. The zero-order valence-electron chi connectivity index (χ0n) is 13.6. The maximum absolute atomic E-state index is 12.7. The zero-order chi connectivity index (χ0) is 18.3. The molecule has 0 heterocycles. The van der Waals surface area contributed by atoms with Gasteiger partial charge in [-0.25, -0.2) is 4.79 Å². The number of allylic oxidation sites excluding steroid dienone is 1. The Kier molecular flexibility index (Phi) is 6.22. The van der Waals surface area contributed by atoms with Gasteiger partial charge < -0.3 is 10.1 Å². The van der Waals surface area contributed by atoms with Gasteiger partial charge in [0.25, 0.3) is 0 Å². The van der Waals surface area contributed by atoms with Crippen LogP contribution in [0.5, 0.6) is 0 Å². The summed E-state index contributed by atoms with van der Waals surface area (Å²) in [5.41, 5.74) is 0.903. The van der Waals surface area contributed by atoms with Crippen molar-refractivity contribution in [3.05, 3.63) is 77.0 Å². The molecule has 0 aliphatic rings. The zero-order valence-corrected chi connectivity index (χ0v) is 13.6. The third-order valence-corrected chi connectivity index (χ3v) is 3.35. The molecule has 25 heavy (non-hydrogen) atoms. The van der Waals surface area contributed by atoms with Crippen molar-refractivity contribution in [2.75, 3.05) is 13.2 Å². The van der Waals surface area contributed by atoms with Crippen molar-refractivity contribution in [2.45, 2.75) is 13.1 Å². The number of carbonyl (C=O) groups excluding carboxylic acids is 1. The number of rotatable bonds is 6. The number of esters is 1. The van der Waals surface area contributed by atoms with Gasteiger partial charge in [-0.15, -0.1) is 0 Å². The van der Waals surface area contributed by atoms with E-state index in [0.717, 1.165) is 12.1 Å². The predicted octanol–water partition coefficient (Wildman–Crippen LogP) is 4.51. The fourth-order valence-corrected chi connectivity index (χ4v) is 2.16. The van der Waals surface area contributed by atoms with Gasteiger partial charge in [-0.3, -0.25) is 0 Å². The maximum atomic E-state index is 12.7. The number of ether oxygens (including phenoxy) is 1. The van der Waals surface area contributed by atoms with Gasteiger partial charge in [0.1, 0.15) is 6.61 Å². The fraction of sp³-hybridized carbons (Fsp3) is 0.211. The molecule has 0 aliphatic heterocycles. The number of nitrogens with one attached hydrogen (secondary N) is 1. The van der Waals surface area contributed by atoms with Gasteiger partial charge in [0.05, 0.1) is 11.1 Å². The van der Waals surface area contributed by atoms with Gasteiger partial charge in [0.15, 0.2) is 0 Å². The summed E-state index contributed by atoms with van der Waals surface area (Å²) in [5.74, 6) is -0.415. The van der Waals surface area contributed by atoms with Crippen LogP contribution in [0.15, 0.2) is 60.3 Å². The summed E-state index contributed by atoms with van der Waals surface area (Å²) >= 11 is 0. The monoisotopic (exact) mass is 349 g/mol. The first kappa shape index (κ1) is 18.6. The molecule has 0 bridgehead atoms. The summed E-state index contributed by atoms with van der Waals surface area (Å²) in [4.78, 5) is 11.7. The quantitative estimate of drug-likeness (QED) is 0.616. The van der Waals surface area contributed by atoms with Crippen molar-refractivity contribution in [3.8, 4) is 0 Å². The molecule has 0 unspecified atom stereocenters. The van der Waals surface area contributed by atoms with E-state index in [0.29, 0.717) is 23.4 Å². The van der Waals surface area contributed by atoms with Gasteiger partial charge in [0.2, 0.25) is 0 Å². The van der Waals surface area contributed by atoms with Crippen LogP contribution in [-0.2, 0) is 10.9 Å². The van der Waals surface area contributed by atoms with Crippen molar-refractivity contribution in [2.24, 2.45) is 0 Å². The summed E-state index contributed by atoms with van der Waals surface area (Å²) in [6, 6.07) is 13.7. The highest BCUT2D eigenvalue weighted by Gasteiger charge is 2.30. The second kappa shape index (κ2) is 8.37. The molecule has 6 heteroatoms. The van der Waals surface area contributed by atoms with E-state index in [1.54, 1.807) is 49.4 Å². The molecule has 1 N–H and O–H groups in total. The Bertz CT molecular complexity index is 740. The van der Waals surface area contributed by atoms with Crippen LogP contribution in [0, 0.1) is 0 Å². The largest absolute Gasteiger partial charge is 0.460 e. The lowest BCUT2D eigenvalue weighted by Crippen LogP contribution is -2.19. The van der Waals surface area contributed by atoms with Crippen LogP contribution in [-0.4, -0.2) is 19.1 Å². The molecule has 132 valence electrons. The molecule has 0 aromatic heterocycles. The second-order valence-electron chi connectivity index (χ2n) is 5.38. The molecule has 0 saturated carbocycles. The van der Waals surface area contributed by atoms with E-state index in [9.17, 15) is 18.0 Å². The van der Waals surface area contributed by atoms with Gasteiger partial charge in [-0.1, -0.05) is 30.3 Å². The van der Waals surface area contributed by atoms with Gasteiger partial charge in [-0.2, -0.15) is 13.2 Å². The van der Waals surface area contributed by atoms with E-state index in [1.165, 1.54) is 6.07 Å². The highest BCUT2D eigenvalue weighted by atomic mass is 19.4. The van der Waals surface area contributed by atoms with Crippen molar-refractivity contribution < 1.29 is 22.7 Å². The highest BCUT2D eigenvalue weighted by Crippen LogP contribution is 2.29. The molecule has 0 fully saturated rings. The first-order chi connectivity index (χ1) is 11.9. The SMILES string of the molecule is C/C(=C\c1cccc(C(F)(F)F)c1)NCCOC(=O)c1ccccc1. The Balaban J connectivity index is 1.83. The van der Waals surface area contributed by atoms with Gasteiger partial charge >= 0.3 is 12.1 Å². The molecule has 0 amide bonds. The van der Waals surface area contributed by atoms with Crippen molar-refractivity contribution in [3.63, 3.8) is 0 Å². The second-order valence-corrected chi connectivity index (χ2v) is 5.38. The molecular weight excluding hydrogens is 331 g/mol. The van der Waals surface area contributed by atoms with E-state index < -0.39 is 17.7 Å². The van der Waals surface area contributed by atoms with Crippen LogP contribution in [0.4, 0.5) is 13.2 Å². The Morgan fingerprint density at radius 3 is 2.52 bits per heavy atom. The van der Waals surface area contributed by atoms with Crippen LogP contribution in [0.2, 0.25) is 0 Å². The van der Waals surface area contributed by atoms with Gasteiger partial charge in [-0.05, 0) is 42.8 Å². The van der Waals surface area contributed by atoms with E-state index in [2.05, 4.69) is 5.32 Å². The van der Waals surface area contributed by atoms with Gasteiger partial charge in [0, 0.05) is 12.2 Å². The smallest absolute Gasteiger partial charge is 0.416 e. The third-order valence-electron chi connectivity index (χ3n) is 3.35. The summed E-state index contributed by atoms with van der Waals surface area (Å²) < 4.78 is 43.2. The lowest BCUT2D eigenvalue weighted by Gasteiger charge is -2.09. The summed E-state index contributed by atoms with van der Waals surface area (Å²) in [6.07, 6.45) is -2.76.